The zero-order chi connectivity index (χ0) is 13.6. The lowest BCUT2D eigenvalue weighted by Crippen LogP contribution is -2.45. The van der Waals surface area contributed by atoms with E-state index >= 15 is 0 Å². The van der Waals surface area contributed by atoms with Crippen molar-refractivity contribution < 1.29 is 9.84 Å². The van der Waals surface area contributed by atoms with E-state index in [1.165, 1.54) is 5.56 Å². The number of aliphatic hydroxyl groups is 1. The average molecular weight is 259 g/mol. The molecular weight excluding hydrogens is 238 g/mol. The first-order valence-corrected chi connectivity index (χ1v) is 6.80. The van der Waals surface area contributed by atoms with Gasteiger partial charge in [0.15, 0.2) is 0 Å². The van der Waals surface area contributed by atoms with Gasteiger partial charge < -0.3 is 15.2 Å². The molecule has 0 saturated heterocycles. The Labute approximate surface area is 115 Å². The molecule has 1 fully saturated rings. The quantitative estimate of drug-likeness (QED) is 0.582. The normalized spacial score (nSPS) is 16.4. The number of rotatable bonds is 7. The summed E-state index contributed by atoms with van der Waals surface area (Å²) in [6.07, 6.45) is 8.77. The first kappa shape index (κ1) is 13.9. The van der Waals surface area contributed by atoms with Crippen LogP contribution in [0.25, 0.3) is 0 Å². The van der Waals surface area contributed by atoms with Crippen LogP contribution in [0, 0.1) is 12.3 Å². The van der Waals surface area contributed by atoms with E-state index in [9.17, 15) is 5.11 Å². The van der Waals surface area contributed by atoms with Crippen LogP contribution >= 0.6 is 0 Å². The number of terminal acetylenes is 1. The smallest absolute Gasteiger partial charge is 0.119 e. The monoisotopic (exact) mass is 259 g/mol. The summed E-state index contributed by atoms with van der Waals surface area (Å²) in [7, 11) is 0. The van der Waals surface area contributed by atoms with Crippen LogP contribution in [0.2, 0.25) is 0 Å². The van der Waals surface area contributed by atoms with E-state index in [4.69, 9.17) is 11.2 Å². The van der Waals surface area contributed by atoms with Gasteiger partial charge in [0, 0.05) is 19.5 Å². The highest BCUT2D eigenvalue weighted by Gasteiger charge is 2.33. The molecule has 2 rings (SSSR count). The van der Waals surface area contributed by atoms with Gasteiger partial charge in [0.1, 0.15) is 5.75 Å². The van der Waals surface area contributed by atoms with Crippen LogP contribution in [-0.2, 0) is 6.54 Å². The average Bonchev–Trinajstić information content (AvgIpc) is 2.39. The topological polar surface area (TPSA) is 41.5 Å². The van der Waals surface area contributed by atoms with Crippen LogP contribution in [-0.4, -0.2) is 23.9 Å². The zero-order valence-electron chi connectivity index (χ0n) is 11.2. The minimum atomic E-state index is -0.460. The van der Waals surface area contributed by atoms with Gasteiger partial charge in [0.25, 0.3) is 0 Å². The fourth-order valence-corrected chi connectivity index (χ4v) is 2.13. The third-order valence-corrected chi connectivity index (χ3v) is 3.51. The van der Waals surface area contributed by atoms with E-state index in [1.54, 1.807) is 0 Å². The van der Waals surface area contributed by atoms with Crippen molar-refractivity contribution in [2.24, 2.45) is 0 Å². The molecule has 0 radical (unpaired) electrons. The second kappa shape index (κ2) is 6.60. The van der Waals surface area contributed by atoms with E-state index in [0.717, 1.165) is 31.6 Å². The Hall–Kier alpha value is -1.50. The summed E-state index contributed by atoms with van der Waals surface area (Å²) < 4.78 is 5.48. The summed E-state index contributed by atoms with van der Waals surface area (Å²) in [6.45, 7) is 2.00. The van der Waals surface area contributed by atoms with Crippen molar-refractivity contribution in [2.75, 3.05) is 13.2 Å². The van der Waals surface area contributed by atoms with Gasteiger partial charge in [-0.05, 0) is 37.0 Å². The first-order valence-electron chi connectivity index (χ1n) is 6.80. The third kappa shape index (κ3) is 4.27. The Morgan fingerprint density at radius 1 is 1.32 bits per heavy atom. The molecule has 1 aromatic rings. The molecule has 102 valence electrons. The van der Waals surface area contributed by atoms with Crippen LogP contribution in [0.4, 0.5) is 0 Å². The minimum absolute atomic E-state index is 0.460. The summed E-state index contributed by atoms with van der Waals surface area (Å²) in [4.78, 5) is 0. The molecule has 0 bridgehead atoms. The Balaban J connectivity index is 1.71. The van der Waals surface area contributed by atoms with E-state index in [1.807, 2.05) is 24.3 Å². The van der Waals surface area contributed by atoms with Gasteiger partial charge in [0.05, 0.1) is 12.2 Å². The van der Waals surface area contributed by atoms with Crippen molar-refractivity contribution in [3.63, 3.8) is 0 Å². The summed E-state index contributed by atoms with van der Waals surface area (Å²) >= 11 is 0. The highest BCUT2D eigenvalue weighted by Crippen LogP contribution is 2.30. The van der Waals surface area contributed by atoms with Gasteiger partial charge in [-0.25, -0.2) is 0 Å². The van der Waals surface area contributed by atoms with Crippen molar-refractivity contribution in [1.82, 2.24) is 5.32 Å². The fraction of sp³-hybridized carbons (Fsp3) is 0.500. The highest BCUT2D eigenvalue weighted by molar-refractivity contribution is 5.27. The maximum Gasteiger partial charge on any atom is 0.119 e. The van der Waals surface area contributed by atoms with E-state index in [0.29, 0.717) is 19.6 Å². The van der Waals surface area contributed by atoms with Crippen LogP contribution < -0.4 is 10.1 Å². The van der Waals surface area contributed by atoms with E-state index in [2.05, 4.69) is 11.2 Å². The molecule has 0 aliphatic heterocycles. The maximum atomic E-state index is 9.95. The second-order valence-corrected chi connectivity index (χ2v) is 5.13. The highest BCUT2D eigenvalue weighted by atomic mass is 16.5. The minimum Gasteiger partial charge on any atom is -0.493 e. The standard InChI is InChI=1S/C16H21NO2/c1-2-3-11-19-15-7-5-14(6-8-15)12-17-13-16(18)9-4-10-16/h1,5-8,17-18H,3-4,9-13H2. The molecule has 0 atom stereocenters. The molecule has 3 heteroatoms. The van der Waals surface area contributed by atoms with Crippen LogP contribution in [0.3, 0.4) is 0 Å². The Bertz CT molecular complexity index is 429. The van der Waals surface area contributed by atoms with Crippen molar-refractivity contribution in [2.45, 2.75) is 37.8 Å². The lowest BCUT2D eigenvalue weighted by Gasteiger charge is -2.36. The third-order valence-electron chi connectivity index (χ3n) is 3.51. The number of benzene rings is 1. The molecule has 1 aliphatic rings. The molecule has 1 aliphatic carbocycles. The Kier molecular flexibility index (Phi) is 4.84. The predicted octanol–water partition coefficient (Wildman–Crippen LogP) is 2.09. The zero-order valence-corrected chi connectivity index (χ0v) is 11.2. The molecule has 1 saturated carbocycles. The van der Waals surface area contributed by atoms with Gasteiger partial charge in [-0.1, -0.05) is 12.1 Å². The number of nitrogens with one attached hydrogen (secondary N) is 1. The SMILES string of the molecule is C#CCCOc1ccc(CNCC2(O)CCC2)cc1. The Morgan fingerprint density at radius 2 is 2.05 bits per heavy atom. The second-order valence-electron chi connectivity index (χ2n) is 5.13. The molecule has 1 aromatic carbocycles. The molecule has 19 heavy (non-hydrogen) atoms. The molecular formula is C16H21NO2. The molecule has 0 unspecified atom stereocenters. The number of ether oxygens (including phenoxy) is 1. The van der Waals surface area contributed by atoms with Crippen molar-refractivity contribution in [1.29, 1.82) is 0 Å². The van der Waals surface area contributed by atoms with Gasteiger partial charge in [0.2, 0.25) is 0 Å². The molecule has 3 nitrogen and oxygen atoms in total. The van der Waals surface area contributed by atoms with E-state index < -0.39 is 5.60 Å². The lowest BCUT2D eigenvalue weighted by molar-refractivity contribution is -0.0314. The molecule has 0 heterocycles. The predicted molar refractivity (Wildman–Crippen MR) is 75.9 cm³/mol. The van der Waals surface area contributed by atoms with Gasteiger partial charge in [-0.15, -0.1) is 12.3 Å². The van der Waals surface area contributed by atoms with Crippen LogP contribution in [0.1, 0.15) is 31.2 Å². The molecule has 2 N–H and O–H groups in total. The molecule has 0 aromatic heterocycles. The van der Waals surface area contributed by atoms with Gasteiger partial charge in [-0.2, -0.15) is 0 Å². The van der Waals surface area contributed by atoms with Crippen LogP contribution in [0.15, 0.2) is 24.3 Å². The summed E-state index contributed by atoms with van der Waals surface area (Å²) in [5.74, 6) is 3.39. The molecule has 0 spiro atoms. The Morgan fingerprint density at radius 3 is 2.63 bits per heavy atom. The van der Waals surface area contributed by atoms with Crippen molar-refractivity contribution in [3.05, 3.63) is 29.8 Å². The number of hydrogen-bond donors (Lipinski definition) is 2. The largest absolute Gasteiger partial charge is 0.493 e. The first-order chi connectivity index (χ1) is 9.22. The van der Waals surface area contributed by atoms with Crippen LogP contribution in [0.5, 0.6) is 5.75 Å². The summed E-state index contributed by atoms with van der Waals surface area (Å²) in [5.41, 5.74) is 0.727. The fourth-order valence-electron chi connectivity index (χ4n) is 2.13. The van der Waals surface area contributed by atoms with E-state index in [-0.39, 0.29) is 0 Å². The summed E-state index contributed by atoms with van der Waals surface area (Å²) in [6, 6.07) is 7.96. The van der Waals surface area contributed by atoms with Gasteiger partial charge in [-0.3, -0.25) is 0 Å². The maximum absolute atomic E-state index is 9.95. The lowest BCUT2D eigenvalue weighted by atomic mass is 9.80. The van der Waals surface area contributed by atoms with Gasteiger partial charge >= 0.3 is 0 Å². The number of hydrogen-bond acceptors (Lipinski definition) is 3. The van der Waals surface area contributed by atoms with Crippen molar-refractivity contribution >= 4 is 0 Å². The van der Waals surface area contributed by atoms with Crippen molar-refractivity contribution in [3.8, 4) is 18.1 Å². The summed E-state index contributed by atoms with van der Waals surface area (Å²) in [5, 5.41) is 13.3. The molecule has 0 amide bonds.